The van der Waals surface area contributed by atoms with Crippen LogP contribution in [0.5, 0.6) is 0 Å². The summed E-state index contributed by atoms with van der Waals surface area (Å²) in [4.78, 5) is 10.0. The Balaban J connectivity index is 2.17. The van der Waals surface area contributed by atoms with Crippen molar-refractivity contribution in [2.45, 2.75) is 25.2 Å². The van der Waals surface area contributed by atoms with Gasteiger partial charge in [0.25, 0.3) is 5.69 Å². The van der Waals surface area contributed by atoms with E-state index in [1.165, 1.54) is 24.8 Å². The lowest BCUT2D eigenvalue weighted by molar-refractivity contribution is -0.384. The molecule has 1 saturated carbocycles. The Morgan fingerprint density at radius 2 is 1.85 bits per heavy atom. The van der Waals surface area contributed by atoms with E-state index in [1.54, 1.807) is 12.1 Å². The zero-order valence-corrected chi connectivity index (χ0v) is 7.27. The van der Waals surface area contributed by atoms with Gasteiger partial charge in [-0.15, -0.1) is 0 Å². The number of hydrogen-bond acceptors (Lipinski definition) is 2. The van der Waals surface area contributed by atoms with Gasteiger partial charge in [-0.3, -0.25) is 10.1 Å². The molecule has 0 aliphatic heterocycles. The van der Waals surface area contributed by atoms with E-state index in [0.29, 0.717) is 5.92 Å². The average molecular weight is 177 g/mol. The molecule has 0 amide bonds. The molecule has 0 aromatic heterocycles. The van der Waals surface area contributed by atoms with Crippen molar-refractivity contribution in [3.05, 3.63) is 39.9 Å². The van der Waals surface area contributed by atoms with E-state index in [9.17, 15) is 10.1 Å². The van der Waals surface area contributed by atoms with Crippen molar-refractivity contribution in [2.24, 2.45) is 0 Å². The van der Waals surface area contributed by atoms with Crippen molar-refractivity contribution < 1.29 is 4.92 Å². The van der Waals surface area contributed by atoms with Gasteiger partial charge in [0, 0.05) is 12.1 Å². The van der Waals surface area contributed by atoms with Crippen LogP contribution in [-0.2, 0) is 0 Å². The smallest absolute Gasteiger partial charge is 0.258 e. The van der Waals surface area contributed by atoms with Crippen molar-refractivity contribution in [1.29, 1.82) is 0 Å². The molecule has 0 spiro atoms. The molecule has 0 saturated heterocycles. The minimum absolute atomic E-state index is 0.183. The van der Waals surface area contributed by atoms with Crippen LogP contribution in [-0.4, -0.2) is 4.92 Å². The molecule has 1 fully saturated rings. The maximum atomic E-state index is 10.4. The number of non-ortho nitro benzene ring substituents is 1. The molecule has 3 heteroatoms. The highest BCUT2D eigenvalue weighted by atomic mass is 16.6. The maximum Gasteiger partial charge on any atom is 0.269 e. The van der Waals surface area contributed by atoms with Crippen molar-refractivity contribution in [3.8, 4) is 0 Å². The van der Waals surface area contributed by atoms with Crippen LogP contribution in [0.15, 0.2) is 24.3 Å². The van der Waals surface area contributed by atoms with Crippen LogP contribution in [0.1, 0.15) is 30.7 Å². The Hall–Kier alpha value is -1.38. The van der Waals surface area contributed by atoms with Crippen LogP contribution in [0.4, 0.5) is 5.69 Å². The molecule has 1 aromatic carbocycles. The minimum Gasteiger partial charge on any atom is -0.258 e. The van der Waals surface area contributed by atoms with E-state index in [1.807, 2.05) is 12.1 Å². The summed E-state index contributed by atoms with van der Waals surface area (Å²) in [6.07, 6.45) is 3.76. The molecule has 0 radical (unpaired) electrons. The SMILES string of the molecule is O=[N+]([O-])c1ccc(C2CCC2)cc1. The highest BCUT2D eigenvalue weighted by Gasteiger charge is 2.19. The van der Waals surface area contributed by atoms with Gasteiger partial charge in [0.2, 0.25) is 0 Å². The molecule has 0 bridgehead atoms. The summed E-state index contributed by atoms with van der Waals surface area (Å²) in [5.41, 5.74) is 1.43. The van der Waals surface area contributed by atoms with Gasteiger partial charge in [-0.1, -0.05) is 18.6 Å². The fourth-order valence-corrected chi connectivity index (χ4v) is 1.61. The number of rotatable bonds is 2. The molecule has 0 atom stereocenters. The van der Waals surface area contributed by atoms with Gasteiger partial charge in [-0.05, 0) is 24.3 Å². The molecule has 13 heavy (non-hydrogen) atoms. The predicted molar refractivity (Wildman–Crippen MR) is 49.7 cm³/mol. The fourth-order valence-electron chi connectivity index (χ4n) is 1.61. The van der Waals surface area contributed by atoms with Gasteiger partial charge in [0.15, 0.2) is 0 Å². The summed E-state index contributed by atoms with van der Waals surface area (Å²) in [6, 6.07) is 6.94. The van der Waals surface area contributed by atoms with Gasteiger partial charge in [-0.25, -0.2) is 0 Å². The van der Waals surface area contributed by atoms with Crippen LogP contribution >= 0.6 is 0 Å². The first-order chi connectivity index (χ1) is 6.27. The number of nitro benzene ring substituents is 1. The molecule has 1 aliphatic rings. The van der Waals surface area contributed by atoms with E-state index >= 15 is 0 Å². The lowest BCUT2D eigenvalue weighted by atomic mass is 9.80. The van der Waals surface area contributed by atoms with Crippen LogP contribution in [0.3, 0.4) is 0 Å². The molecular formula is C10H11NO2. The Morgan fingerprint density at radius 3 is 2.23 bits per heavy atom. The summed E-state index contributed by atoms with van der Waals surface area (Å²) in [6.45, 7) is 0. The summed E-state index contributed by atoms with van der Waals surface area (Å²) in [7, 11) is 0. The number of hydrogen-bond donors (Lipinski definition) is 0. The number of benzene rings is 1. The van der Waals surface area contributed by atoms with Gasteiger partial charge < -0.3 is 0 Å². The zero-order chi connectivity index (χ0) is 9.26. The molecule has 1 aromatic rings. The molecule has 0 unspecified atom stereocenters. The number of nitrogens with zero attached hydrogens (tertiary/aromatic N) is 1. The first-order valence-electron chi connectivity index (χ1n) is 4.52. The second kappa shape index (κ2) is 3.17. The third-order valence-corrected chi connectivity index (χ3v) is 2.68. The monoisotopic (exact) mass is 177 g/mol. The molecule has 2 rings (SSSR count). The first kappa shape index (κ1) is 8.23. The van der Waals surface area contributed by atoms with Crippen LogP contribution < -0.4 is 0 Å². The zero-order valence-electron chi connectivity index (χ0n) is 7.27. The van der Waals surface area contributed by atoms with E-state index in [0.717, 1.165) is 0 Å². The van der Waals surface area contributed by atoms with Crippen LogP contribution in [0.2, 0.25) is 0 Å². The molecule has 0 heterocycles. The van der Waals surface area contributed by atoms with Crippen molar-refractivity contribution in [2.75, 3.05) is 0 Å². The van der Waals surface area contributed by atoms with Crippen molar-refractivity contribution in [1.82, 2.24) is 0 Å². The van der Waals surface area contributed by atoms with Crippen LogP contribution in [0.25, 0.3) is 0 Å². The van der Waals surface area contributed by atoms with Crippen LogP contribution in [0, 0.1) is 10.1 Å². The Bertz CT molecular complexity index is 314. The maximum absolute atomic E-state index is 10.4. The van der Waals surface area contributed by atoms with Crippen molar-refractivity contribution >= 4 is 5.69 Å². The highest BCUT2D eigenvalue weighted by molar-refractivity contribution is 5.34. The topological polar surface area (TPSA) is 43.1 Å². The minimum atomic E-state index is -0.357. The lowest BCUT2D eigenvalue weighted by Gasteiger charge is -2.25. The average Bonchev–Trinajstić information content (AvgIpc) is 2.02. The summed E-state index contributed by atoms with van der Waals surface area (Å²) in [5, 5.41) is 10.4. The normalized spacial score (nSPS) is 16.6. The fraction of sp³-hybridized carbons (Fsp3) is 0.400. The van der Waals surface area contributed by atoms with E-state index in [2.05, 4.69) is 0 Å². The Labute approximate surface area is 76.5 Å². The van der Waals surface area contributed by atoms with E-state index in [-0.39, 0.29) is 10.6 Å². The lowest BCUT2D eigenvalue weighted by Crippen LogP contribution is -2.08. The predicted octanol–water partition coefficient (Wildman–Crippen LogP) is 2.86. The summed E-state index contributed by atoms with van der Waals surface area (Å²) >= 11 is 0. The molecule has 0 N–H and O–H groups in total. The van der Waals surface area contributed by atoms with Gasteiger partial charge in [-0.2, -0.15) is 0 Å². The van der Waals surface area contributed by atoms with Gasteiger partial charge >= 0.3 is 0 Å². The molecule has 3 nitrogen and oxygen atoms in total. The van der Waals surface area contributed by atoms with E-state index < -0.39 is 0 Å². The third-order valence-electron chi connectivity index (χ3n) is 2.68. The number of nitro groups is 1. The standard InChI is InChI=1S/C10H11NO2/c12-11(13)10-6-4-9(5-7-10)8-2-1-3-8/h4-8H,1-3H2. The largest absolute Gasteiger partial charge is 0.269 e. The first-order valence-corrected chi connectivity index (χ1v) is 4.52. The Morgan fingerprint density at radius 1 is 1.23 bits per heavy atom. The Kier molecular flexibility index (Phi) is 2.00. The summed E-state index contributed by atoms with van der Waals surface area (Å²) in [5.74, 6) is 0.654. The third kappa shape index (κ3) is 1.54. The molecule has 68 valence electrons. The van der Waals surface area contributed by atoms with E-state index in [4.69, 9.17) is 0 Å². The molecule has 1 aliphatic carbocycles. The molecular weight excluding hydrogens is 166 g/mol. The second-order valence-corrected chi connectivity index (χ2v) is 3.48. The summed E-state index contributed by atoms with van der Waals surface area (Å²) < 4.78 is 0. The quantitative estimate of drug-likeness (QED) is 0.515. The van der Waals surface area contributed by atoms with Gasteiger partial charge in [0.1, 0.15) is 0 Å². The van der Waals surface area contributed by atoms with Crippen molar-refractivity contribution in [3.63, 3.8) is 0 Å². The second-order valence-electron chi connectivity index (χ2n) is 3.48. The highest BCUT2D eigenvalue weighted by Crippen LogP contribution is 2.36. The van der Waals surface area contributed by atoms with Gasteiger partial charge in [0.05, 0.1) is 4.92 Å².